The van der Waals surface area contributed by atoms with Crippen molar-refractivity contribution in [2.45, 2.75) is 46.1 Å². The van der Waals surface area contributed by atoms with Gasteiger partial charge in [-0.1, -0.05) is 72.9 Å². The fourth-order valence-corrected chi connectivity index (χ4v) is 3.80. The summed E-state index contributed by atoms with van der Waals surface area (Å²) in [5.41, 5.74) is 9.08. The molecule has 0 spiro atoms. The van der Waals surface area contributed by atoms with Crippen molar-refractivity contribution >= 4 is 5.70 Å². The van der Waals surface area contributed by atoms with Crippen molar-refractivity contribution < 1.29 is 8.78 Å². The average Bonchev–Trinajstić information content (AvgIpc) is 2.93. The fourth-order valence-electron chi connectivity index (χ4n) is 3.80. The number of nitrogens with zero attached hydrogens (tertiary/aromatic N) is 1. The third-order valence-electron chi connectivity index (χ3n) is 5.60. The van der Waals surface area contributed by atoms with Gasteiger partial charge in [0.2, 0.25) is 0 Å². The van der Waals surface area contributed by atoms with Crippen molar-refractivity contribution in [2.75, 3.05) is 6.54 Å². The van der Waals surface area contributed by atoms with E-state index in [0.29, 0.717) is 13.0 Å². The second-order valence-corrected chi connectivity index (χ2v) is 8.43. The lowest BCUT2D eigenvalue weighted by atomic mass is 9.99. The van der Waals surface area contributed by atoms with Gasteiger partial charge in [-0.25, -0.2) is 8.78 Å². The van der Waals surface area contributed by atoms with Gasteiger partial charge in [0.05, 0.1) is 18.4 Å². The van der Waals surface area contributed by atoms with Crippen LogP contribution in [0.3, 0.4) is 0 Å². The minimum atomic E-state index is -0.149. The van der Waals surface area contributed by atoms with Crippen LogP contribution < -0.4 is 0 Å². The number of halogens is 2. The Hall–Kier alpha value is -3.42. The van der Waals surface area contributed by atoms with Crippen LogP contribution in [0, 0.1) is 5.82 Å². The summed E-state index contributed by atoms with van der Waals surface area (Å²) in [6, 6.07) is 5.24. The van der Waals surface area contributed by atoms with E-state index in [1.54, 1.807) is 19.1 Å². The smallest absolute Gasteiger partial charge is 0.129 e. The maximum absolute atomic E-state index is 14.5. The lowest BCUT2D eigenvalue weighted by Gasteiger charge is -2.28. The van der Waals surface area contributed by atoms with Gasteiger partial charge in [-0.05, 0) is 51.8 Å². The molecule has 1 atom stereocenters. The standard InChI is InChI=1S/C22H22FN.C9H13F/c1-4-5-12-21-22-19(10-7-11-20(22)23)17(3)24(21)15-18-9-6-8-16(2)13-14-18;1-4-9(10)7-5-6-8(2)3/h4,6-8,10-11,13-14,21H,1,3,5,12,15H2,2H3;4-6H,2,7H2,1,3H3/b;6-5-,9-4+. The topological polar surface area (TPSA) is 3.24 Å². The molecule has 1 nitrogen and oxygen atoms in total. The van der Waals surface area contributed by atoms with E-state index < -0.39 is 0 Å². The van der Waals surface area contributed by atoms with E-state index in [2.05, 4.69) is 49.4 Å². The van der Waals surface area contributed by atoms with Gasteiger partial charge in [-0.15, -0.1) is 12.3 Å². The first-order valence-electron chi connectivity index (χ1n) is 11.6. The molecule has 0 N–H and O–H groups in total. The van der Waals surface area contributed by atoms with Gasteiger partial charge in [-0.2, -0.15) is 0 Å². The number of rotatable bonds is 8. The highest BCUT2D eigenvalue weighted by molar-refractivity contribution is 5.71. The molecule has 0 amide bonds. The molecular weight excluding hydrogens is 424 g/mol. The van der Waals surface area contributed by atoms with E-state index in [-0.39, 0.29) is 17.7 Å². The Morgan fingerprint density at radius 3 is 2.71 bits per heavy atom. The Labute approximate surface area is 203 Å². The molecule has 2 aliphatic rings. The maximum Gasteiger partial charge on any atom is 0.129 e. The third-order valence-corrected chi connectivity index (χ3v) is 5.60. The molecule has 1 unspecified atom stereocenters. The Bertz CT molecular complexity index is 1100. The minimum Gasteiger partial charge on any atom is -0.359 e. The van der Waals surface area contributed by atoms with E-state index in [0.717, 1.165) is 40.8 Å². The van der Waals surface area contributed by atoms with E-state index >= 15 is 0 Å². The third kappa shape index (κ3) is 7.57. The first-order valence-corrected chi connectivity index (χ1v) is 11.6. The van der Waals surface area contributed by atoms with Crippen molar-refractivity contribution in [1.29, 1.82) is 0 Å². The summed E-state index contributed by atoms with van der Waals surface area (Å²) in [6.45, 7) is 18.0. The molecular formula is C31H35F2N. The summed E-state index contributed by atoms with van der Waals surface area (Å²) in [7, 11) is 0. The summed E-state index contributed by atoms with van der Waals surface area (Å²) in [6.07, 6.45) is 17.1. The van der Waals surface area contributed by atoms with Crippen LogP contribution in [0.15, 0.2) is 115 Å². The van der Waals surface area contributed by atoms with Gasteiger partial charge in [-0.3, -0.25) is 0 Å². The molecule has 1 aliphatic carbocycles. The zero-order valence-corrected chi connectivity index (χ0v) is 20.6. The largest absolute Gasteiger partial charge is 0.359 e. The first kappa shape index (κ1) is 26.8. The number of benzene rings is 1. The van der Waals surface area contributed by atoms with Crippen LogP contribution in [-0.4, -0.2) is 11.4 Å². The zero-order valence-electron chi connectivity index (χ0n) is 20.6. The lowest BCUT2D eigenvalue weighted by molar-refractivity contribution is 0.319. The normalized spacial score (nSPS) is 17.1. The van der Waals surface area contributed by atoms with E-state index in [1.165, 1.54) is 17.7 Å². The molecule has 1 heterocycles. The monoisotopic (exact) mass is 459 g/mol. The van der Waals surface area contributed by atoms with Crippen LogP contribution in [0.2, 0.25) is 0 Å². The molecule has 1 aliphatic heterocycles. The van der Waals surface area contributed by atoms with Gasteiger partial charge in [0.25, 0.3) is 0 Å². The summed E-state index contributed by atoms with van der Waals surface area (Å²) in [5.74, 6) is -0.249. The molecule has 0 fully saturated rings. The number of hydrogen-bond acceptors (Lipinski definition) is 1. The lowest BCUT2D eigenvalue weighted by Crippen LogP contribution is -2.23. The molecule has 1 aromatic rings. The first-order chi connectivity index (χ1) is 16.3. The molecule has 3 heteroatoms. The van der Waals surface area contributed by atoms with Crippen LogP contribution >= 0.6 is 0 Å². The second kappa shape index (κ2) is 13.3. The predicted octanol–water partition coefficient (Wildman–Crippen LogP) is 9.10. The van der Waals surface area contributed by atoms with Gasteiger partial charge >= 0.3 is 0 Å². The van der Waals surface area contributed by atoms with Crippen molar-refractivity contribution in [1.82, 2.24) is 4.90 Å². The van der Waals surface area contributed by atoms with Crippen molar-refractivity contribution in [3.63, 3.8) is 0 Å². The summed E-state index contributed by atoms with van der Waals surface area (Å²) < 4.78 is 26.8. The number of allylic oxidation sites excluding steroid dienone is 9. The van der Waals surface area contributed by atoms with Crippen molar-refractivity contribution in [3.8, 4) is 0 Å². The minimum absolute atomic E-state index is 0.00768. The average molecular weight is 460 g/mol. The molecule has 0 bridgehead atoms. The predicted molar refractivity (Wildman–Crippen MR) is 142 cm³/mol. The molecule has 0 radical (unpaired) electrons. The van der Waals surface area contributed by atoms with E-state index in [1.807, 2.05) is 37.3 Å². The van der Waals surface area contributed by atoms with Crippen molar-refractivity contribution in [2.24, 2.45) is 0 Å². The molecule has 34 heavy (non-hydrogen) atoms. The highest BCUT2D eigenvalue weighted by Gasteiger charge is 2.34. The van der Waals surface area contributed by atoms with E-state index in [4.69, 9.17) is 0 Å². The Balaban J connectivity index is 0.000000347. The van der Waals surface area contributed by atoms with Gasteiger partial charge in [0.1, 0.15) is 5.82 Å². The SMILES string of the molecule is C=C(C)/C=C\C/C(F)=C\C.C=CCCC1c2c(F)cccc2C(=C)N1CC1=C=CC=C(C)C=C1. The van der Waals surface area contributed by atoms with E-state index in [9.17, 15) is 8.78 Å². The Morgan fingerprint density at radius 2 is 2.03 bits per heavy atom. The van der Waals surface area contributed by atoms with Crippen LogP contribution in [0.1, 0.15) is 57.2 Å². The summed E-state index contributed by atoms with van der Waals surface area (Å²) in [4.78, 5) is 2.19. The molecule has 0 saturated carbocycles. The van der Waals surface area contributed by atoms with Crippen LogP contribution in [-0.2, 0) is 0 Å². The molecule has 178 valence electrons. The quantitative estimate of drug-likeness (QED) is 0.213. The summed E-state index contributed by atoms with van der Waals surface area (Å²) >= 11 is 0. The number of fused-ring (bicyclic) bond motifs is 1. The summed E-state index contributed by atoms with van der Waals surface area (Å²) in [5, 5.41) is 0. The van der Waals surface area contributed by atoms with Crippen molar-refractivity contribution in [3.05, 3.63) is 132 Å². The van der Waals surface area contributed by atoms with Crippen LogP contribution in [0.25, 0.3) is 5.70 Å². The zero-order chi connectivity index (χ0) is 25.1. The van der Waals surface area contributed by atoms with Gasteiger partial charge in [0, 0.05) is 28.8 Å². The Morgan fingerprint density at radius 1 is 1.26 bits per heavy atom. The molecule has 1 aromatic carbocycles. The Kier molecular flexibility index (Phi) is 10.5. The van der Waals surface area contributed by atoms with Crippen LogP contribution in [0.4, 0.5) is 8.78 Å². The maximum atomic E-state index is 14.5. The van der Waals surface area contributed by atoms with Crippen LogP contribution in [0.5, 0.6) is 0 Å². The van der Waals surface area contributed by atoms with Gasteiger partial charge < -0.3 is 4.90 Å². The molecule has 0 saturated heterocycles. The highest BCUT2D eigenvalue weighted by atomic mass is 19.1. The fraction of sp³-hybridized carbons (Fsp3) is 0.258. The second-order valence-electron chi connectivity index (χ2n) is 8.43. The molecule has 0 aromatic heterocycles. The highest BCUT2D eigenvalue weighted by Crippen LogP contribution is 2.44. The number of hydrogen-bond donors (Lipinski definition) is 0. The van der Waals surface area contributed by atoms with Gasteiger partial charge in [0.15, 0.2) is 0 Å². The molecule has 3 rings (SSSR count).